The van der Waals surface area contributed by atoms with Gasteiger partial charge in [-0.1, -0.05) is 18.9 Å². The second-order valence-electron chi connectivity index (χ2n) is 8.86. The van der Waals surface area contributed by atoms with E-state index in [-0.39, 0.29) is 23.7 Å². The minimum Gasteiger partial charge on any atom is -0.361 e. The van der Waals surface area contributed by atoms with Crippen LogP contribution in [0.25, 0.3) is 0 Å². The number of rotatable bonds is 4. The minimum atomic E-state index is -1.05. The molecule has 1 aliphatic carbocycles. The molecule has 2 atom stereocenters. The fraction of sp³-hybridized carbons (Fsp3) is 0.565. The summed E-state index contributed by atoms with van der Waals surface area (Å²) in [5.74, 6) is -0.0107. The molecule has 0 N–H and O–H groups in total. The SMILES string of the molecule is Cc1nc(CN2CCO[C@]3(CN(C(=O)C4CCCC4)C[C@H]3c3cccnc3)C2=O)cs1. The highest BCUT2D eigenvalue weighted by molar-refractivity contribution is 7.09. The molecule has 4 heterocycles. The first kappa shape index (κ1) is 20.6. The van der Waals surface area contributed by atoms with Gasteiger partial charge < -0.3 is 14.5 Å². The highest BCUT2D eigenvalue weighted by Gasteiger charge is 2.58. The van der Waals surface area contributed by atoms with Crippen LogP contribution in [0.5, 0.6) is 0 Å². The highest BCUT2D eigenvalue weighted by atomic mass is 32.1. The lowest BCUT2D eigenvalue weighted by Gasteiger charge is -2.42. The maximum Gasteiger partial charge on any atom is 0.257 e. The number of thiazole rings is 1. The van der Waals surface area contributed by atoms with Gasteiger partial charge in [0.25, 0.3) is 5.91 Å². The molecule has 7 nitrogen and oxygen atoms in total. The molecule has 0 unspecified atom stereocenters. The van der Waals surface area contributed by atoms with E-state index in [1.807, 2.05) is 34.2 Å². The minimum absolute atomic E-state index is 0.0417. The largest absolute Gasteiger partial charge is 0.361 e. The second-order valence-corrected chi connectivity index (χ2v) is 9.92. The number of likely N-dealkylation sites (tertiary alicyclic amines) is 1. The predicted molar refractivity (Wildman–Crippen MR) is 116 cm³/mol. The third-order valence-corrected chi connectivity index (χ3v) is 7.71. The molecule has 31 heavy (non-hydrogen) atoms. The zero-order valence-corrected chi connectivity index (χ0v) is 18.6. The zero-order chi connectivity index (χ0) is 21.4. The van der Waals surface area contributed by atoms with Crippen molar-refractivity contribution in [3.8, 4) is 0 Å². The van der Waals surface area contributed by atoms with E-state index < -0.39 is 5.60 Å². The van der Waals surface area contributed by atoms with Crippen molar-refractivity contribution in [2.45, 2.75) is 50.7 Å². The van der Waals surface area contributed by atoms with Crippen molar-refractivity contribution in [1.82, 2.24) is 19.8 Å². The first-order valence-corrected chi connectivity index (χ1v) is 12.0. The number of aromatic nitrogens is 2. The van der Waals surface area contributed by atoms with Gasteiger partial charge in [0, 0.05) is 42.7 Å². The normalized spacial score (nSPS) is 26.9. The monoisotopic (exact) mass is 440 g/mol. The number of amides is 2. The number of morpholine rings is 1. The molecule has 8 heteroatoms. The third-order valence-electron chi connectivity index (χ3n) is 6.88. The van der Waals surface area contributed by atoms with E-state index >= 15 is 0 Å². The first-order valence-electron chi connectivity index (χ1n) is 11.1. The third kappa shape index (κ3) is 3.76. The van der Waals surface area contributed by atoms with E-state index in [9.17, 15) is 9.59 Å². The average molecular weight is 441 g/mol. The van der Waals surface area contributed by atoms with Crippen molar-refractivity contribution < 1.29 is 14.3 Å². The number of carbonyl (C=O) groups is 2. The Kier molecular flexibility index (Phi) is 5.52. The maximum atomic E-state index is 13.9. The van der Waals surface area contributed by atoms with Gasteiger partial charge in [0.2, 0.25) is 5.91 Å². The van der Waals surface area contributed by atoms with Crippen LogP contribution in [-0.4, -0.2) is 63.4 Å². The molecule has 5 rings (SSSR count). The zero-order valence-electron chi connectivity index (χ0n) is 17.8. The van der Waals surface area contributed by atoms with Gasteiger partial charge in [0.1, 0.15) is 0 Å². The molecule has 164 valence electrons. The summed E-state index contributed by atoms with van der Waals surface area (Å²) in [7, 11) is 0. The summed E-state index contributed by atoms with van der Waals surface area (Å²) < 4.78 is 6.29. The lowest BCUT2D eigenvalue weighted by Crippen LogP contribution is -2.60. The van der Waals surface area contributed by atoms with Gasteiger partial charge in [-0.25, -0.2) is 4.98 Å². The molecule has 2 aromatic rings. The number of hydrogen-bond donors (Lipinski definition) is 0. The first-order chi connectivity index (χ1) is 15.1. The summed E-state index contributed by atoms with van der Waals surface area (Å²) in [6, 6.07) is 3.87. The van der Waals surface area contributed by atoms with Crippen LogP contribution in [-0.2, 0) is 20.9 Å². The van der Waals surface area contributed by atoms with Crippen molar-refractivity contribution >= 4 is 23.2 Å². The Morgan fingerprint density at radius 1 is 1.35 bits per heavy atom. The van der Waals surface area contributed by atoms with E-state index in [2.05, 4.69) is 9.97 Å². The van der Waals surface area contributed by atoms with E-state index in [4.69, 9.17) is 4.74 Å². The van der Waals surface area contributed by atoms with E-state index in [1.165, 1.54) is 0 Å². The summed E-state index contributed by atoms with van der Waals surface area (Å²) in [6.45, 7) is 4.25. The summed E-state index contributed by atoms with van der Waals surface area (Å²) in [5, 5.41) is 3.00. The Bertz CT molecular complexity index is 959. The molecule has 1 spiro atoms. The molecule has 0 radical (unpaired) electrons. The Morgan fingerprint density at radius 3 is 2.90 bits per heavy atom. The van der Waals surface area contributed by atoms with Crippen LogP contribution in [0.1, 0.15) is 47.9 Å². The van der Waals surface area contributed by atoms with Gasteiger partial charge >= 0.3 is 0 Å². The summed E-state index contributed by atoms with van der Waals surface area (Å²) in [4.78, 5) is 39.6. The standard InChI is InChI=1S/C23H28N4O3S/c1-16-25-19(14-31-16)12-26-9-10-30-23(22(26)29)15-27(21(28)17-5-2-3-6-17)13-20(23)18-7-4-8-24-11-18/h4,7-8,11,14,17,20H,2-3,5-6,9-10,12-13,15H2,1H3/t20-,23-/m0/s1. The fourth-order valence-corrected chi connectivity index (χ4v) is 5.94. The molecular weight excluding hydrogens is 412 g/mol. The number of aryl methyl sites for hydroxylation is 1. The Hall–Kier alpha value is -2.32. The number of nitrogens with zero attached hydrogens (tertiary/aromatic N) is 4. The van der Waals surface area contributed by atoms with E-state index in [0.717, 1.165) is 41.9 Å². The molecule has 3 aliphatic rings. The lowest BCUT2D eigenvalue weighted by molar-refractivity contribution is -0.173. The smallest absolute Gasteiger partial charge is 0.257 e. The number of hydrogen-bond acceptors (Lipinski definition) is 6. The van der Waals surface area contributed by atoms with Crippen molar-refractivity contribution in [2.75, 3.05) is 26.2 Å². The van der Waals surface area contributed by atoms with Gasteiger partial charge in [0.15, 0.2) is 5.60 Å². The molecular formula is C23H28N4O3S. The van der Waals surface area contributed by atoms with E-state index in [0.29, 0.717) is 32.8 Å². The number of ether oxygens (including phenoxy) is 1. The summed E-state index contributed by atoms with van der Waals surface area (Å²) in [5.41, 5.74) is 0.798. The summed E-state index contributed by atoms with van der Waals surface area (Å²) in [6.07, 6.45) is 7.64. The van der Waals surface area contributed by atoms with Crippen LogP contribution in [0, 0.1) is 12.8 Å². The second kappa shape index (κ2) is 8.31. The van der Waals surface area contributed by atoms with Crippen LogP contribution >= 0.6 is 11.3 Å². The molecule has 3 fully saturated rings. The molecule has 2 aromatic heterocycles. The lowest BCUT2D eigenvalue weighted by atomic mass is 9.83. The van der Waals surface area contributed by atoms with Crippen molar-refractivity contribution in [3.05, 3.63) is 46.2 Å². The van der Waals surface area contributed by atoms with Gasteiger partial charge in [-0.15, -0.1) is 11.3 Å². The van der Waals surface area contributed by atoms with Gasteiger partial charge in [-0.2, -0.15) is 0 Å². The predicted octanol–water partition coefficient (Wildman–Crippen LogP) is 2.76. The van der Waals surface area contributed by atoms with Crippen LogP contribution in [0.2, 0.25) is 0 Å². The molecule has 0 bridgehead atoms. The van der Waals surface area contributed by atoms with Gasteiger partial charge in [-0.05, 0) is 31.4 Å². The van der Waals surface area contributed by atoms with Crippen LogP contribution in [0.3, 0.4) is 0 Å². The maximum absolute atomic E-state index is 13.9. The van der Waals surface area contributed by atoms with Crippen LogP contribution < -0.4 is 0 Å². The highest BCUT2D eigenvalue weighted by Crippen LogP contribution is 2.43. The quantitative estimate of drug-likeness (QED) is 0.731. The summed E-state index contributed by atoms with van der Waals surface area (Å²) >= 11 is 1.59. The molecule has 0 aromatic carbocycles. The van der Waals surface area contributed by atoms with Gasteiger partial charge in [-0.3, -0.25) is 14.6 Å². The van der Waals surface area contributed by atoms with Crippen molar-refractivity contribution in [2.24, 2.45) is 5.92 Å². The molecule has 1 saturated carbocycles. The molecule has 2 amide bonds. The van der Waals surface area contributed by atoms with Crippen LogP contribution in [0.4, 0.5) is 0 Å². The number of pyridine rings is 1. The van der Waals surface area contributed by atoms with Crippen LogP contribution in [0.15, 0.2) is 29.9 Å². The molecule has 2 saturated heterocycles. The molecule has 2 aliphatic heterocycles. The fourth-order valence-electron chi connectivity index (χ4n) is 5.34. The van der Waals surface area contributed by atoms with Gasteiger partial charge in [0.05, 0.1) is 30.4 Å². The Morgan fingerprint density at radius 2 is 2.19 bits per heavy atom. The average Bonchev–Trinajstić information content (AvgIpc) is 3.53. The topological polar surface area (TPSA) is 75.6 Å². The van der Waals surface area contributed by atoms with Crippen molar-refractivity contribution in [3.63, 3.8) is 0 Å². The number of carbonyl (C=O) groups excluding carboxylic acids is 2. The van der Waals surface area contributed by atoms with E-state index in [1.54, 1.807) is 23.7 Å². The van der Waals surface area contributed by atoms with Crippen molar-refractivity contribution in [1.29, 1.82) is 0 Å². The Labute approximate surface area is 186 Å². The Balaban J connectivity index is 1.45.